The highest BCUT2D eigenvalue weighted by atomic mass is 15.0. The average molecular weight is 588 g/mol. The van der Waals surface area contributed by atoms with Crippen LogP contribution in [0.4, 0.5) is 0 Å². The Kier molecular flexibility index (Phi) is 6.04. The molecule has 0 saturated heterocycles. The average Bonchev–Trinajstić information content (AvgIpc) is 3.45. The SMILES string of the molecule is Cc1cccc(-c2cncc(-c3ccc4c5ccc6cc(-c7cccc8ccccc78)ccc6c5n(-c5ccccc5)c4c3)c2)n1. The Bertz CT molecular complexity index is 2590. The predicted molar refractivity (Wildman–Crippen MR) is 192 cm³/mol. The first-order valence-electron chi connectivity index (χ1n) is 15.7. The lowest BCUT2D eigenvalue weighted by atomic mass is 9.95. The van der Waals surface area contributed by atoms with Gasteiger partial charge in [0.1, 0.15) is 0 Å². The lowest BCUT2D eigenvalue weighted by Gasteiger charge is -2.12. The van der Waals surface area contributed by atoms with E-state index >= 15 is 0 Å². The summed E-state index contributed by atoms with van der Waals surface area (Å²) >= 11 is 0. The standard InChI is InChI=1S/C43H29N3/c1-28-9-7-16-41(45-28)34-24-33(26-44-27-34)30-17-21-39-40-22-19-32-23-31(37-15-8-11-29-10-5-6-14-36(29)37)18-20-38(32)43(40)46(42(39)25-30)35-12-3-2-4-13-35/h2-27H,1H3. The van der Waals surface area contributed by atoms with E-state index in [2.05, 4.69) is 137 Å². The molecular formula is C43H29N3. The molecule has 0 aliphatic carbocycles. The second-order valence-corrected chi connectivity index (χ2v) is 12.0. The molecule has 0 spiro atoms. The van der Waals surface area contributed by atoms with E-state index < -0.39 is 0 Å². The third-order valence-corrected chi connectivity index (χ3v) is 9.11. The van der Waals surface area contributed by atoms with Crippen molar-refractivity contribution in [3.63, 3.8) is 0 Å². The van der Waals surface area contributed by atoms with Crippen LogP contribution in [0, 0.1) is 6.92 Å². The Hall–Kier alpha value is -6.06. The van der Waals surface area contributed by atoms with Crippen LogP contribution in [0.3, 0.4) is 0 Å². The normalized spacial score (nSPS) is 11.6. The molecule has 216 valence electrons. The molecule has 0 atom stereocenters. The minimum Gasteiger partial charge on any atom is -0.309 e. The smallest absolute Gasteiger partial charge is 0.0720 e. The van der Waals surface area contributed by atoms with Crippen LogP contribution >= 0.6 is 0 Å². The van der Waals surface area contributed by atoms with Crippen molar-refractivity contribution >= 4 is 43.4 Å². The molecule has 3 heterocycles. The molecule has 0 unspecified atom stereocenters. The summed E-state index contributed by atoms with van der Waals surface area (Å²) in [6.45, 7) is 2.02. The first-order valence-corrected chi connectivity index (χ1v) is 15.7. The summed E-state index contributed by atoms with van der Waals surface area (Å²) in [6.07, 6.45) is 3.84. The van der Waals surface area contributed by atoms with Crippen molar-refractivity contribution in [2.45, 2.75) is 6.92 Å². The van der Waals surface area contributed by atoms with Gasteiger partial charge >= 0.3 is 0 Å². The molecular weight excluding hydrogens is 558 g/mol. The molecule has 46 heavy (non-hydrogen) atoms. The van der Waals surface area contributed by atoms with E-state index in [1.165, 1.54) is 54.5 Å². The monoisotopic (exact) mass is 587 g/mol. The minimum absolute atomic E-state index is 0.933. The van der Waals surface area contributed by atoms with E-state index in [4.69, 9.17) is 4.98 Å². The highest BCUT2D eigenvalue weighted by Crippen LogP contribution is 2.40. The van der Waals surface area contributed by atoms with E-state index in [0.717, 1.165) is 33.8 Å². The summed E-state index contributed by atoms with van der Waals surface area (Å²) in [4.78, 5) is 9.35. The molecule has 9 rings (SSSR count). The first kappa shape index (κ1) is 26.4. The fourth-order valence-electron chi connectivity index (χ4n) is 6.95. The van der Waals surface area contributed by atoms with E-state index in [9.17, 15) is 0 Å². The largest absolute Gasteiger partial charge is 0.309 e. The van der Waals surface area contributed by atoms with Crippen molar-refractivity contribution in [1.82, 2.24) is 14.5 Å². The number of rotatable bonds is 4. The number of para-hydroxylation sites is 1. The maximum atomic E-state index is 4.74. The van der Waals surface area contributed by atoms with Gasteiger partial charge in [-0.2, -0.15) is 0 Å². The Morgan fingerprint density at radius 2 is 1.24 bits per heavy atom. The number of benzene rings is 6. The van der Waals surface area contributed by atoms with Crippen molar-refractivity contribution < 1.29 is 0 Å². The van der Waals surface area contributed by atoms with Crippen LogP contribution in [0.15, 0.2) is 158 Å². The second kappa shape index (κ2) is 10.5. The fraction of sp³-hybridized carbons (Fsp3) is 0.0233. The number of hydrogen-bond donors (Lipinski definition) is 0. The number of hydrogen-bond acceptors (Lipinski definition) is 2. The molecule has 6 aromatic carbocycles. The lowest BCUT2D eigenvalue weighted by Crippen LogP contribution is -1.94. The quantitative estimate of drug-likeness (QED) is 0.205. The van der Waals surface area contributed by atoms with Gasteiger partial charge in [0.25, 0.3) is 0 Å². The van der Waals surface area contributed by atoms with Crippen molar-refractivity contribution in [3.8, 4) is 39.2 Å². The minimum atomic E-state index is 0.933. The third-order valence-electron chi connectivity index (χ3n) is 9.11. The molecule has 0 saturated carbocycles. The van der Waals surface area contributed by atoms with E-state index in [1.807, 2.05) is 37.5 Å². The molecule has 0 aliphatic rings. The van der Waals surface area contributed by atoms with Crippen LogP contribution in [0.25, 0.3) is 82.5 Å². The number of pyridine rings is 2. The summed E-state index contributed by atoms with van der Waals surface area (Å²) < 4.78 is 2.42. The molecule has 0 radical (unpaired) electrons. The van der Waals surface area contributed by atoms with Crippen molar-refractivity contribution in [2.24, 2.45) is 0 Å². The zero-order chi connectivity index (χ0) is 30.6. The lowest BCUT2D eigenvalue weighted by molar-refractivity contribution is 1.19. The zero-order valence-electron chi connectivity index (χ0n) is 25.4. The molecule has 0 N–H and O–H groups in total. The third kappa shape index (κ3) is 4.28. The van der Waals surface area contributed by atoms with Gasteiger partial charge in [-0.05, 0) is 82.2 Å². The number of aromatic nitrogens is 3. The summed E-state index contributed by atoms with van der Waals surface area (Å²) in [5.74, 6) is 0. The van der Waals surface area contributed by atoms with Gasteiger partial charge in [0.05, 0.1) is 16.7 Å². The molecule has 3 nitrogen and oxygen atoms in total. The highest BCUT2D eigenvalue weighted by molar-refractivity contribution is 6.19. The van der Waals surface area contributed by atoms with Gasteiger partial charge < -0.3 is 4.57 Å². The predicted octanol–water partition coefficient (Wildman–Crippen LogP) is 11.2. The van der Waals surface area contributed by atoms with E-state index in [0.29, 0.717) is 0 Å². The van der Waals surface area contributed by atoms with Gasteiger partial charge in [-0.1, -0.05) is 103 Å². The first-order chi connectivity index (χ1) is 22.7. The van der Waals surface area contributed by atoms with Crippen LogP contribution in [0.5, 0.6) is 0 Å². The summed E-state index contributed by atoms with van der Waals surface area (Å²) in [7, 11) is 0. The topological polar surface area (TPSA) is 30.7 Å². The molecule has 0 aliphatic heterocycles. The summed E-state index contributed by atoms with van der Waals surface area (Å²) in [6, 6.07) is 52.4. The highest BCUT2D eigenvalue weighted by Gasteiger charge is 2.17. The van der Waals surface area contributed by atoms with Gasteiger partial charge in [0.15, 0.2) is 0 Å². The Labute approximate surface area is 267 Å². The van der Waals surface area contributed by atoms with Crippen LogP contribution in [-0.4, -0.2) is 14.5 Å². The van der Waals surface area contributed by atoms with Gasteiger partial charge in [-0.15, -0.1) is 0 Å². The van der Waals surface area contributed by atoms with Crippen LogP contribution in [-0.2, 0) is 0 Å². The fourth-order valence-corrected chi connectivity index (χ4v) is 6.95. The molecule has 0 bridgehead atoms. The van der Waals surface area contributed by atoms with Gasteiger partial charge in [0, 0.05) is 51.1 Å². The zero-order valence-corrected chi connectivity index (χ0v) is 25.4. The van der Waals surface area contributed by atoms with E-state index in [-0.39, 0.29) is 0 Å². The maximum Gasteiger partial charge on any atom is 0.0720 e. The van der Waals surface area contributed by atoms with Gasteiger partial charge in [0.2, 0.25) is 0 Å². The molecule has 9 aromatic rings. The number of nitrogens with zero attached hydrogens (tertiary/aromatic N) is 3. The van der Waals surface area contributed by atoms with Crippen molar-refractivity contribution in [1.29, 1.82) is 0 Å². The Morgan fingerprint density at radius 3 is 2.15 bits per heavy atom. The van der Waals surface area contributed by atoms with Crippen molar-refractivity contribution in [3.05, 3.63) is 164 Å². The van der Waals surface area contributed by atoms with Gasteiger partial charge in [-0.3, -0.25) is 9.97 Å². The number of fused-ring (bicyclic) bond motifs is 6. The number of aryl methyl sites for hydroxylation is 1. The molecule has 0 fully saturated rings. The van der Waals surface area contributed by atoms with Crippen LogP contribution < -0.4 is 0 Å². The van der Waals surface area contributed by atoms with Gasteiger partial charge in [-0.25, -0.2) is 0 Å². The Balaban J connectivity index is 1.27. The summed E-state index contributed by atoms with van der Waals surface area (Å²) in [5, 5.41) is 7.45. The summed E-state index contributed by atoms with van der Waals surface area (Å²) in [5.41, 5.74) is 11.1. The van der Waals surface area contributed by atoms with Crippen LogP contribution in [0.2, 0.25) is 0 Å². The van der Waals surface area contributed by atoms with Crippen molar-refractivity contribution in [2.75, 3.05) is 0 Å². The molecule has 3 aromatic heterocycles. The maximum absolute atomic E-state index is 4.74. The van der Waals surface area contributed by atoms with E-state index in [1.54, 1.807) is 0 Å². The Morgan fingerprint density at radius 1 is 0.478 bits per heavy atom. The molecule has 0 amide bonds. The molecule has 3 heteroatoms. The second-order valence-electron chi connectivity index (χ2n) is 12.0. The van der Waals surface area contributed by atoms with Crippen LogP contribution in [0.1, 0.15) is 5.69 Å².